The normalized spacial score (nSPS) is 12.4. The molecule has 41 heavy (non-hydrogen) atoms. The minimum atomic E-state index is -0.683. The first-order valence-electron chi connectivity index (χ1n) is 12.3. The maximum atomic E-state index is 12.4. The maximum Gasteiger partial charge on any atom is 0.290 e. The fraction of sp³-hybridized carbons (Fsp3) is 0.269. The fourth-order valence-corrected chi connectivity index (χ4v) is 4.16. The van der Waals surface area contributed by atoms with E-state index in [1.54, 1.807) is 25.8 Å². The molecule has 3 aromatic heterocycles. The lowest BCUT2D eigenvalue weighted by atomic mass is 10.1. The number of carbonyl (C=O) groups is 3. The van der Waals surface area contributed by atoms with Gasteiger partial charge in [-0.3, -0.25) is 19.4 Å². The van der Waals surface area contributed by atoms with Gasteiger partial charge in [0.1, 0.15) is 11.2 Å². The van der Waals surface area contributed by atoms with Gasteiger partial charge in [-0.15, -0.1) is 0 Å². The number of carbonyl (C=O) groups excluding carboxylic acids is 1. The van der Waals surface area contributed by atoms with E-state index in [1.165, 1.54) is 0 Å². The third-order valence-electron chi connectivity index (χ3n) is 6.35. The molecule has 0 radical (unpaired) electrons. The number of imidazole rings is 1. The standard InChI is InChI=1S/C24H28N10O.2CH2O2/c1-26-23-20(17-9-27-10-18-19(17)28-13-33(18)4)30-21(22(25)35)24(31-23)29-14-5-7-15(8-6-14)34-11-16(12-34)32(2)3;2*2-1-3/h5-10,13,16H,11-12H2,1-4H3,(H2,25,35)(H2,26,29,31);2*1H,(H,2,3). The molecule has 0 spiro atoms. The molecular formula is C26H32N10O5. The number of anilines is 4. The highest BCUT2D eigenvalue weighted by atomic mass is 16.3. The molecule has 0 saturated carbocycles. The molecule has 1 aliphatic rings. The van der Waals surface area contributed by atoms with Gasteiger partial charge in [0.25, 0.3) is 18.9 Å². The largest absolute Gasteiger partial charge is 0.483 e. The lowest BCUT2D eigenvalue weighted by Gasteiger charge is -2.44. The van der Waals surface area contributed by atoms with Gasteiger partial charge in [-0.2, -0.15) is 0 Å². The molecule has 1 aliphatic heterocycles. The summed E-state index contributed by atoms with van der Waals surface area (Å²) < 4.78 is 1.87. The molecule has 0 bridgehead atoms. The van der Waals surface area contributed by atoms with Gasteiger partial charge in [0.2, 0.25) is 0 Å². The number of amides is 1. The number of carboxylic acid groups (broad SMARTS) is 2. The molecular weight excluding hydrogens is 532 g/mol. The van der Waals surface area contributed by atoms with Crippen LogP contribution in [0, 0.1) is 0 Å². The topological polar surface area (TPSA) is 205 Å². The Balaban J connectivity index is 0.000000710. The molecule has 216 valence electrons. The van der Waals surface area contributed by atoms with Gasteiger partial charge < -0.3 is 40.9 Å². The van der Waals surface area contributed by atoms with Gasteiger partial charge in [-0.05, 0) is 38.4 Å². The molecule has 1 fully saturated rings. The zero-order valence-corrected chi connectivity index (χ0v) is 23.0. The van der Waals surface area contributed by atoms with Crippen molar-refractivity contribution >= 4 is 52.9 Å². The van der Waals surface area contributed by atoms with Crippen molar-refractivity contribution in [3.8, 4) is 11.3 Å². The molecule has 1 saturated heterocycles. The average Bonchev–Trinajstić information content (AvgIpc) is 3.30. The summed E-state index contributed by atoms with van der Waals surface area (Å²) in [6.45, 7) is 1.50. The van der Waals surface area contributed by atoms with Crippen LogP contribution in [-0.2, 0) is 16.6 Å². The first-order chi connectivity index (χ1) is 19.7. The number of fused-ring (bicyclic) bond motifs is 1. The molecule has 1 aromatic carbocycles. The number of hydrogen-bond acceptors (Lipinski definition) is 11. The molecule has 0 unspecified atom stereocenters. The Morgan fingerprint density at radius 1 is 1.07 bits per heavy atom. The molecule has 6 N–H and O–H groups in total. The Morgan fingerprint density at radius 2 is 1.71 bits per heavy atom. The van der Waals surface area contributed by atoms with Crippen molar-refractivity contribution in [1.29, 1.82) is 0 Å². The van der Waals surface area contributed by atoms with Crippen molar-refractivity contribution in [2.24, 2.45) is 12.8 Å². The number of pyridine rings is 1. The van der Waals surface area contributed by atoms with E-state index in [0.29, 0.717) is 28.6 Å². The minimum Gasteiger partial charge on any atom is -0.483 e. The number of aryl methyl sites for hydroxylation is 1. The van der Waals surface area contributed by atoms with Crippen molar-refractivity contribution in [1.82, 2.24) is 29.4 Å². The average molecular weight is 565 g/mol. The SMILES string of the molecule is CNc1nc(Nc2ccc(N3CC(N(C)C)C3)cc2)c(C(N)=O)nc1-c1cncc2c1ncn2C.O=CO.O=CO. The molecule has 1 amide bonds. The molecule has 15 heteroatoms. The van der Waals surface area contributed by atoms with Gasteiger partial charge in [-0.25, -0.2) is 15.0 Å². The highest BCUT2D eigenvalue weighted by molar-refractivity contribution is 5.99. The fourth-order valence-electron chi connectivity index (χ4n) is 4.16. The van der Waals surface area contributed by atoms with E-state index in [0.717, 1.165) is 30.0 Å². The van der Waals surface area contributed by atoms with Crippen molar-refractivity contribution in [3.05, 3.63) is 48.7 Å². The summed E-state index contributed by atoms with van der Waals surface area (Å²) in [6, 6.07) is 8.58. The number of nitrogens with one attached hydrogen (secondary N) is 2. The molecule has 0 aliphatic carbocycles. The van der Waals surface area contributed by atoms with Gasteiger partial charge >= 0.3 is 0 Å². The lowest BCUT2D eigenvalue weighted by Crippen LogP contribution is -2.57. The molecule has 5 rings (SSSR count). The first kappa shape index (κ1) is 30.2. The Kier molecular flexibility index (Phi) is 10.1. The predicted molar refractivity (Wildman–Crippen MR) is 154 cm³/mol. The Hall–Kier alpha value is -5.31. The molecule has 0 atom stereocenters. The van der Waals surface area contributed by atoms with E-state index in [-0.39, 0.29) is 24.5 Å². The van der Waals surface area contributed by atoms with Crippen LogP contribution in [0.15, 0.2) is 43.0 Å². The number of nitrogens with two attached hydrogens (primary N) is 1. The Bertz CT molecular complexity index is 1490. The third kappa shape index (κ3) is 6.83. The zero-order chi connectivity index (χ0) is 30.1. The number of likely N-dealkylation sites (N-methyl/N-ethyl adjacent to an activating group) is 1. The third-order valence-corrected chi connectivity index (χ3v) is 6.35. The summed E-state index contributed by atoms with van der Waals surface area (Å²) in [7, 11) is 7.84. The second-order valence-corrected chi connectivity index (χ2v) is 9.05. The predicted octanol–water partition coefficient (Wildman–Crippen LogP) is 1.46. The van der Waals surface area contributed by atoms with Crippen LogP contribution >= 0.6 is 0 Å². The van der Waals surface area contributed by atoms with Crippen LogP contribution in [0.4, 0.5) is 23.0 Å². The van der Waals surface area contributed by atoms with Crippen molar-refractivity contribution < 1.29 is 24.6 Å². The van der Waals surface area contributed by atoms with Crippen LogP contribution in [-0.4, -0.2) is 98.7 Å². The Morgan fingerprint density at radius 3 is 2.27 bits per heavy atom. The van der Waals surface area contributed by atoms with Gasteiger partial charge in [0.05, 0.1) is 23.6 Å². The zero-order valence-electron chi connectivity index (χ0n) is 23.0. The lowest BCUT2D eigenvalue weighted by molar-refractivity contribution is -0.123. The number of benzene rings is 1. The second-order valence-electron chi connectivity index (χ2n) is 9.05. The number of hydrogen-bond donors (Lipinski definition) is 5. The van der Waals surface area contributed by atoms with E-state index < -0.39 is 5.91 Å². The highest BCUT2D eigenvalue weighted by Gasteiger charge is 2.28. The van der Waals surface area contributed by atoms with E-state index in [2.05, 4.69) is 54.5 Å². The van der Waals surface area contributed by atoms with Crippen molar-refractivity contribution in [2.75, 3.05) is 49.8 Å². The molecule has 15 nitrogen and oxygen atoms in total. The highest BCUT2D eigenvalue weighted by Crippen LogP contribution is 2.32. The molecule has 4 heterocycles. The minimum absolute atomic E-state index is 0.0348. The summed E-state index contributed by atoms with van der Waals surface area (Å²) in [5.41, 5.74) is 10.3. The van der Waals surface area contributed by atoms with Gasteiger partial charge in [0, 0.05) is 50.8 Å². The van der Waals surface area contributed by atoms with E-state index in [1.807, 2.05) is 35.9 Å². The van der Waals surface area contributed by atoms with Crippen LogP contribution in [0.25, 0.3) is 22.3 Å². The van der Waals surface area contributed by atoms with Crippen LogP contribution in [0.2, 0.25) is 0 Å². The first-order valence-corrected chi connectivity index (χ1v) is 12.3. The maximum absolute atomic E-state index is 12.4. The number of aromatic nitrogens is 5. The Labute approximate surface area is 235 Å². The quantitative estimate of drug-likeness (QED) is 0.202. The summed E-state index contributed by atoms with van der Waals surface area (Å²) in [5.74, 6) is 0.0671. The number of primary amides is 1. The van der Waals surface area contributed by atoms with Gasteiger partial charge in [0.15, 0.2) is 17.3 Å². The van der Waals surface area contributed by atoms with E-state index in [4.69, 9.17) is 25.5 Å². The van der Waals surface area contributed by atoms with Crippen LogP contribution in [0.1, 0.15) is 10.5 Å². The van der Waals surface area contributed by atoms with Crippen LogP contribution in [0.5, 0.6) is 0 Å². The summed E-state index contributed by atoms with van der Waals surface area (Å²) in [4.78, 5) is 51.7. The van der Waals surface area contributed by atoms with E-state index in [9.17, 15) is 4.79 Å². The van der Waals surface area contributed by atoms with E-state index >= 15 is 0 Å². The summed E-state index contributed by atoms with van der Waals surface area (Å²) in [5, 5.41) is 20.1. The van der Waals surface area contributed by atoms with Crippen LogP contribution in [0.3, 0.4) is 0 Å². The molecule has 4 aromatic rings. The van der Waals surface area contributed by atoms with Crippen LogP contribution < -0.4 is 21.3 Å². The number of nitrogens with zero attached hydrogens (tertiary/aromatic N) is 7. The van der Waals surface area contributed by atoms with Gasteiger partial charge in [-0.1, -0.05) is 0 Å². The number of rotatable bonds is 7. The second kappa shape index (κ2) is 13.7. The monoisotopic (exact) mass is 564 g/mol. The smallest absolute Gasteiger partial charge is 0.290 e. The summed E-state index contributed by atoms with van der Waals surface area (Å²) >= 11 is 0. The van der Waals surface area contributed by atoms with Crippen molar-refractivity contribution in [3.63, 3.8) is 0 Å². The summed E-state index contributed by atoms with van der Waals surface area (Å²) in [6.07, 6.45) is 5.10. The van der Waals surface area contributed by atoms with Crippen molar-refractivity contribution in [2.45, 2.75) is 6.04 Å².